The molecular formula is C46H40F2N20O5. The molecule has 25 nitrogen and oxygen atoms in total. The molecule has 2 aliphatic heterocycles. The van der Waals surface area contributed by atoms with Gasteiger partial charge in [-0.05, 0) is 0 Å². The van der Waals surface area contributed by atoms with Crippen LogP contribution < -0.4 is 15.1 Å². The Labute approximate surface area is 409 Å². The molecule has 27 heteroatoms. The molecule has 10 aromatic rings. The number of aromatic amines is 4. The molecule has 2 aromatic carbocycles. The zero-order valence-corrected chi connectivity index (χ0v) is 38.1. The maximum atomic E-state index is 14.7. The highest BCUT2D eigenvalue weighted by molar-refractivity contribution is 6.45. The number of aromatic nitrogens is 16. The van der Waals surface area contributed by atoms with E-state index in [-0.39, 0.29) is 44.6 Å². The van der Waals surface area contributed by atoms with Crippen LogP contribution in [0.4, 0.5) is 20.4 Å². The number of nitrogens with one attached hydrogen (secondary N) is 5. The number of Topliss-reactive ketones (excluding diaryl/α,β-unsaturated/α-hetero) is 2. The molecule has 12 rings (SSSR count). The molecule has 8 aromatic heterocycles. The zero-order valence-electron chi connectivity index (χ0n) is 38.1. The molecule has 1 amide bonds. The van der Waals surface area contributed by atoms with Crippen molar-refractivity contribution in [3.8, 4) is 34.2 Å². The average molecular weight is 991 g/mol. The third kappa shape index (κ3) is 9.44. The number of nitrogens with zero attached hydrogens (tertiary/aromatic N) is 15. The molecule has 10 heterocycles. The van der Waals surface area contributed by atoms with Gasteiger partial charge in [0, 0.05) is 75.9 Å². The second kappa shape index (κ2) is 20.6. The summed E-state index contributed by atoms with van der Waals surface area (Å²) in [6, 6.07) is 19.8. The van der Waals surface area contributed by atoms with Crippen LogP contribution >= 0.6 is 0 Å². The Balaban J connectivity index is 0.000000139. The van der Waals surface area contributed by atoms with Gasteiger partial charge >= 0.3 is 5.97 Å². The number of benzene rings is 2. The minimum Gasteiger partial charge on any atom is -0.475 e. The first-order valence-electron chi connectivity index (χ1n) is 22.4. The molecule has 2 fully saturated rings. The number of rotatable bonds is 10. The molecule has 0 radical (unpaired) electrons. The molecule has 6 N–H and O–H groups in total. The van der Waals surface area contributed by atoms with E-state index in [4.69, 9.17) is 5.11 Å². The van der Waals surface area contributed by atoms with E-state index in [1.807, 2.05) is 53.4 Å². The predicted octanol–water partition coefficient (Wildman–Crippen LogP) is 3.03. The minimum absolute atomic E-state index is 0.0115. The number of carbonyl (C=O) groups excluding carboxylic acids is 3. The summed E-state index contributed by atoms with van der Waals surface area (Å²) < 4.78 is 31.2. The standard InChI is InChI=1S/C23H19FN10O2.C12H15N5.C11H6FN5O3/c24-16-13-26-21(34-7-6-27-31-34)19-17(16)15(12-25-19)20(35)23(36)33-10-8-32(9-11-33)22-18(28-30-29-22)14-4-2-1-3-5-14;1-2-4-10(5-3-1)11-12(15-16-14-11)17-8-6-13-7-9-17;12-6-4-14-10(17-2-1-15-16-17)8-7(6)5(3-13-8)9(18)11(19)20/h1-7,12-13,25H,8-11H2,(H,28,29,30);1-5,13H,6-9H2,(H,14,15,16);1-4,13H,(H,19,20). The van der Waals surface area contributed by atoms with E-state index >= 15 is 0 Å². The highest BCUT2D eigenvalue weighted by Gasteiger charge is 2.32. The minimum atomic E-state index is -1.66. The summed E-state index contributed by atoms with van der Waals surface area (Å²) in [5.74, 6) is -3.74. The molecule has 0 aliphatic carbocycles. The highest BCUT2D eigenvalue weighted by atomic mass is 19.1. The Morgan fingerprint density at radius 3 is 1.48 bits per heavy atom. The van der Waals surface area contributed by atoms with Gasteiger partial charge in [0.1, 0.15) is 11.4 Å². The number of ketones is 2. The lowest BCUT2D eigenvalue weighted by Crippen LogP contribution is -2.50. The van der Waals surface area contributed by atoms with Crippen LogP contribution in [0.5, 0.6) is 0 Å². The van der Waals surface area contributed by atoms with E-state index < -0.39 is 35.1 Å². The van der Waals surface area contributed by atoms with Gasteiger partial charge in [-0.2, -0.15) is 20.6 Å². The lowest BCUT2D eigenvalue weighted by atomic mass is 10.1. The number of carbonyl (C=O) groups is 4. The van der Waals surface area contributed by atoms with Crippen LogP contribution in [0.15, 0.2) is 110 Å². The third-order valence-electron chi connectivity index (χ3n) is 11.9. The SMILES string of the molecule is O=C(C(=O)N1CCN(c2n[nH]nc2-c2ccccc2)CC1)c1c[nH]c2c(-n3ccnn3)ncc(F)c12.O=C(O)C(=O)c1c[nH]c2c(-n3ccnn3)ncc(F)c12.c1ccc(-c2n[nH]nc2N2CCNCC2)cc1. The van der Waals surface area contributed by atoms with Gasteiger partial charge in [-0.15, -0.1) is 20.4 Å². The van der Waals surface area contributed by atoms with Gasteiger partial charge in [-0.25, -0.2) is 32.9 Å². The van der Waals surface area contributed by atoms with Gasteiger partial charge in [-0.3, -0.25) is 14.4 Å². The number of halogens is 2. The Kier molecular flexibility index (Phi) is 13.2. The Bertz CT molecular complexity index is 3550. The van der Waals surface area contributed by atoms with Crippen molar-refractivity contribution in [2.24, 2.45) is 0 Å². The van der Waals surface area contributed by atoms with Crippen molar-refractivity contribution < 1.29 is 33.1 Å². The average Bonchev–Trinajstić information content (AvgIpc) is 4.30. The van der Waals surface area contributed by atoms with Crippen LogP contribution in [0, 0.1) is 11.6 Å². The van der Waals surface area contributed by atoms with Gasteiger partial charge < -0.3 is 35.1 Å². The first-order valence-corrected chi connectivity index (χ1v) is 22.4. The summed E-state index contributed by atoms with van der Waals surface area (Å²) >= 11 is 0. The molecule has 0 saturated carbocycles. The van der Waals surface area contributed by atoms with Crippen LogP contribution in [0.1, 0.15) is 20.7 Å². The van der Waals surface area contributed by atoms with E-state index in [2.05, 4.69) is 93.7 Å². The van der Waals surface area contributed by atoms with Crippen LogP contribution in [0.2, 0.25) is 0 Å². The number of fused-ring (bicyclic) bond motifs is 2. The van der Waals surface area contributed by atoms with Crippen LogP contribution in [0.25, 0.3) is 56.0 Å². The van der Waals surface area contributed by atoms with E-state index in [1.165, 1.54) is 39.1 Å². The second-order valence-corrected chi connectivity index (χ2v) is 16.2. The lowest BCUT2D eigenvalue weighted by Gasteiger charge is -2.34. The van der Waals surface area contributed by atoms with Crippen molar-refractivity contribution >= 4 is 56.9 Å². The zero-order chi connectivity index (χ0) is 50.4. The summed E-state index contributed by atoms with van der Waals surface area (Å²) in [7, 11) is 0. The quantitative estimate of drug-likeness (QED) is 0.0847. The number of carboxylic acids is 1. The fourth-order valence-corrected chi connectivity index (χ4v) is 8.38. The Morgan fingerprint density at radius 1 is 0.562 bits per heavy atom. The number of piperazine rings is 2. The number of anilines is 2. The normalized spacial score (nSPS) is 13.6. The number of H-pyrrole nitrogens is 4. The molecule has 0 bridgehead atoms. The predicted molar refractivity (Wildman–Crippen MR) is 256 cm³/mol. The number of pyridine rings is 2. The number of amides is 1. The Hall–Kier alpha value is -9.92. The van der Waals surface area contributed by atoms with Crippen LogP contribution in [-0.4, -0.2) is 167 Å². The summed E-state index contributed by atoms with van der Waals surface area (Å²) in [4.78, 5) is 67.7. The molecule has 0 atom stereocenters. The van der Waals surface area contributed by atoms with Gasteiger partial charge in [-0.1, -0.05) is 71.1 Å². The maximum Gasteiger partial charge on any atom is 0.377 e. The number of aliphatic carboxylic acids is 1. The topological polar surface area (TPSA) is 312 Å². The van der Waals surface area contributed by atoms with Crippen molar-refractivity contribution in [1.29, 1.82) is 0 Å². The summed E-state index contributed by atoms with van der Waals surface area (Å²) in [5, 5.41) is 49.3. The third-order valence-corrected chi connectivity index (χ3v) is 11.9. The highest BCUT2D eigenvalue weighted by Crippen LogP contribution is 2.30. The van der Waals surface area contributed by atoms with Crippen molar-refractivity contribution in [1.82, 2.24) is 91.0 Å². The van der Waals surface area contributed by atoms with Crippen molar-refractivity contribution in [2.75, 3.05) is 62.2 Å². The molecule has 2 saturated heterocycles. The molecule has 0 spiro atoms. The number of hydrogen-bond acceptors (Lipinski definition) is 17. The second-order valence-electron chi connectivity index (χ2n) is 16.2. The van der Waals surface area contributed by atoms with Gasteiger partial charge in [0.2, 0.25) is 0 Å². The van der Waals surface area contributed by atoms with Crippen molar-refractivity contribution in [3.63, 3.8) is 0 Å². The monoisotopic (exact) mass is 990 g/mol. The smallest absolute Gasteiger partial charge is 0.377 e. The molecule has 2 aliphatic rings. The maximum absolute atomic E-state index is 14.7. The molecule has 368 valence electrons. The van der Waals surface area contributed by atoms with Crippen LogP contribution in [0.3, 0.4) is 0 Å². The molecular weight excluding hydrogens is 951 g/mol. The fourth-order valence-electron chi connectivity index (χ4n) is 8.38. The van der Waals surface area contributed by atoms with Crippen molar-refractivity contribution in [3.05, 3.63) is 133 Å². The summed E-state index contributed by atoms with van der Waals surface area (Å²) in [6.45, 7) is 5.51. The van der Waals surface area contributed by atoms with Gasteiger partial charge in [0.25, 0.3) is 17.5 Å². The van der Waals surface area contributed by atoms with Gasteiger partial charge in [0.15, 0.2) is 34.9 Å². The first-order chi connectivity index (χ1) is 35.7. The van der Waals surface area contributed by atoms with Gasteiger partial charge in [0.05, 0.1) is 70.1 Å². The molecule has 0 unspecified atom stereocenters. The number of carboxylic acid groups (broad SMARTS) is 1. The van der Waals surface area contributed by atoms with E-state index in [9.17, 15) is 28.0 Å². The summed E-state index contributed by atoms with van der Waals surface area (Å²) in [6.07, 6.45) is 10.2. The van der Waals surface area contributed by atoms with Crippen LogP contribution in [-0.2, 0) is 9.59 Å². The lowest BCUT2D eigenvalue weighted by molar-refractivity contribution is -0.131. The van der Waals surface area contributed by atoms with E-state index in [0.29, 0.717) is 32.0 Å². The molecule has 73 heavy (non-hydrogen) atoms. The summed E-state index contributed by atoms with van der Waals surface area (Å²) in [5.41, 5.74) is 3.78. The largest absolute Gasteiger partial charge is 0.475 e. The van der Waals surface area contributed by atoms with E-state index in [0.717, 1.165) is 73.1 Å². The first kappa shape index (κ1) is 46.8. The number of hydrogen-bond donors (Lipinski definition) is 6. The van der Waals surface area contributed by atoms with E-state index in [1.54, 1.807) is 6.20 Å². The van der Waals surface area contributed by atoms with Crippen molar-refractivity contribution in [2.45, 2.75) is 0 Å². The fraction of sp³-hybridized carbons (Fsp3) is 0.174. The Morgan fingerprint density at radius 2 is 1.03 bits per heavy atom.